The Morgan fingerprint density at radius 2 is 1.77 bits per heavy atom. The van der Waals surface area contributed by atoms with Crippen molar-refractivity contribution in [1.29, 1.82) is 0 Å². The smallest absolute Gasteiger partial charge is 0.251 e. The molecule has 35 heavy (non-hydrogen) atoms. The summed E-state index contributed by atoms with van der Waals surface area (Å²) in [6, 6.07) is 20.5. The monoisotopic (exact) mass is 474 g/mol. The Kier molecular flexibility index (Phi) is 8.80. The molecule has 0 saturated carbocycles. The first kappa shape index (κ1) is 24.4. The second kappa shape index (κ2) is 12.6. The number of amides is 2. The fourth-order valence-corrected chi connectivity index (χ4v) is 3.71. The molecule has 1 aliphatic heterocycles. The van der Waals surface area contributed by atoms with Crippen molar-refractivity contribution >= 4 is 17.5 Å². The second-order valence-corrected chi connectivity index (χ2v) is 8.29. The van der Waals surface area contributed by atoms with E-state index in [2.05, 4.69) is 20.5 Å². The molecule has 1 aliphatic rings. The molecule has 2 heterocycles. The summed E-state index contributed by atoms with van der Waals surface area (Å²) in [5, 5.41) is 5.85. The van der Waals surface area contributed by atoms with Gasteiger partial charge in [-0.25, -0.2) is 4.98 Å². The van der Waals surface area contributed by atoms with Crippen LogP contribution < -0.4 is 15.4 Å². The molecular weight excluding hydrogens is 444 g/mol. The highest BCUT2D eigenvalue weighted by Crippen LogP contribution is 2.14. The van der Waals surface area contributed by atoms with Crippen LogP contribution in [0.5, 0.6) is 5.88 Å². The Balaban J connectivity index is 1.25. The molecule has 0 bridgehead atoms. The normalized spacial score (nSPS) is 13.7. The zero-order chi connectivity index (χ0) is 24.3. The predicted molar refractivity (Wildman–Crippen MR) is 133 cm³/mol. The van der Waals surface area contributed by atoms with E-state index in [4.69, 9.17) is 9.47 Å². The van der Waals surface area contributed by atoms with Gasteiger partial charge in [0.15, 0.2) is 0 Å². The molecule has 1 aromatic heterocycles. The zero-order valence-corrected chi connectivity index (χ0v) is 19.6. The van der Waals surface area contributed by atoms with Gasteiger partial charge in [0.25, 0.3) is 5.91 Å². The highest BCUT2D eigenvalue weighted by molar-refractivity contribution is 5.94. The van der Waals surface area contributed by atoms with E-state index in [1.54, 1.807) is 18.3 Å². The molecule has 8 heteroatoms. The number of pyridine rings is 1. The third-order valence-corrected chi connectivity index (χ3v) is 5.65. The van der Waals surface area contributed by atoms with Crippen LogP contribution in [-0.4, -0.2) is 54.5 Å². The summed E-state index contributed by atoms with van der Waals surface area (Å²) in [6.07, 6.45) is 1.99. The molecule has 0 spiro atoms. The third kappa shape index (κ3) is 7.91. The predicted octanol–water partition coefficient (Wildman–Crippen LogP) is 3.25. The third-order valence-electron chi connectivity index (χ3n) is 5.65. The summed E-state index contributed by atoms with van der Waals surface area (Å²) in [7, 11) is 0. The highest BCUT2D eigenvalue weighted by Gasteiger charge is 2.12. The van der Waals surface area contributed by atoms with Crippen LogP contribution in [0, 0.1) is 0 Å². The first-order valence-electron chi connectivity index (χ1n) is 11.8. The molecule has 0 atom stereocenters. The van der Waals surface area contributed by atoms with Crippen molar-refractivity contribution in [3.05, 3.63) is 89.6 Å². The molecule has 1 saturated heterocycles. The standard InChI is InChI=1S/C27H30N4O4/c32-25(10-12-31-13-15-34-16-14-31)30-24-8-4-7-22(17-24)19-29-27(33)23-9-11-28-26(18-23)35-20-21-5-2-1-3-6-21/h1-9,11,17-18H,10,12-16,19-20H2,(H,29,33)(H,30,32). The Hall–Kier alpha value is -3.75. The lowest BCUT2D eigenvalue weighted by atomic mass is 10.2. The number of hydrogen-bond donors (Lipinski definition) is 2. The SMILES string of the molecule is O=C(CCN1CCOCC1)Nc1cccc(CNC(=O)c2ccnc(OCc3ccccc3)c2)c1. The van der Waals surface area contributed by atoms with Gasteiger partial charge < -0.3 is 20.1 Å². The first-order valence-corrected chi connectivity index (χ1v) is 11.8. The van der Waals surface area contributed by atoms with Gasteiger partial charge in [0.1, 0.15) is 6.61 Å². The molecule has 0 aliphatic carbocycles. The van der Waals surface area contributed by atoms with Crippen LogP contribution in [0.2, 0.25) is 0 Å². The number of benzene rings is 2. The minimum Gasteiger partial charge on any atom is -0.473 e. The fourth-order valence-electron chi connectivity index (χ4n) is 3.71. The van der Waals surface area contributed by atoms with E-state index in [1.807, 2.05) is 54.6 Å². The average Bonchev–Trinajstić information content (AvgIpc) is 2.91. The number of morpholine rings is 1. The molecule has 0 unspecified atom stereocenters. The summed E-state index contributed by atoms with van der Waals surface area (Å²) >= 11 is 0. The van der Waals surface area contributed by atoms with Gasteiger partial charge in [0.05, 0.1) is 13.2 Å². The van der Waals surface area contributed by atoms with Crippen molar-refractivity contribution in [1.82, 2.24) is 15.2 Å². The Labute approximate surface area is 205 Å². The number of nitrogens with zero attached hydrogens (tertiary/aromatic N) is 2. The topological polar surface area (TPSA) is 92.8 Å². The lowest BCUT2D eigenvalue weighted by Crippen LogP contribution is -2.38. The van der Waals surface area contributed by atoms with E-state index in [0.717, 1.165) is 37.4 Å². The van der Waals surface area contributed by atoms with E-state index in [1.165, 1.54) is 0 Å². The largest absolute Gasteiger partial charge is 0.473 e. The van der Waals surface area contributed by atoms with Crippen LogP contribution in [0.25, 0.3) is 0 Å². The van der Waals surface area contributed by atoms with Crippen molar-refractivity contribution < 1.29 is 19.1 Å². The maximum atomic E-state index is 12.7. The number of nitrogens with one attached hydrogen (secondary N) is 2. The number of ether oxygens (including phenoxy) is 2. The Morgan fingerprint density at radius 1 is 0.971 bits per heavy atom. The molecule has 4 rings (SSSR count). The van der Waals surface area contributed by atoms with Gasteiger partial charge in [0, 0.05) is 56.1 Å². The van der Waals surface area contributed by atoms with Crippen molar-refractivity contribution in [2.24, 2.45) is 0 Å². The number of anilines is 1. The Morgan fingerprint density at radius 3 is 2.60 bits per heavy atom. The molecular formula is C27H30N4O4. The molecule has 0 radical (unpaired) electrons. The summed E-state index contributed by atoms with van der Waals surface area (Å²) in [5.41, 5.74) is 3.09. The van der Waals surface area contributed by atoms with Crippen LogP contribution in [0.4, 0.5) is 5.69 Å². The minimum absolute atomic E-state index is 0.0301. The van der Waals surface area contributed by atoms with Gasteiger partial charge >= 0.3 is 0 Å². The summed E-state index contributed by atoms with van der Waals surface area (Å²) in [4.78, 5) is 31.4. The van der Waals surface area contributed by atoms with Crippen LogP contribution in [-0.2, 0) is 22.7 Å². The molecule has 182 valence electrons. The quantitative estimate of drug-likeness (QED) is 0.469. The van der Waals surface area contributed by atoms with Crippen molar-refractivity contribution in [3.63, 3.8) is 0 Å². The second-order valence-electron chi connectivity index (χ2n) is 8.29. The van der Waals surface area contributed by atoms with E-state index in [9.17, 15) is 9.59 Å². The summed E-state index contributed by atoms with van der Waals surface area (Å²) in [6.45, 7) is 4.59. The molecule has 3 aromatic rings. The van der Waals surface area contributed by atoms with Gasteiger partial charge in [-0.3, -0.25) is 14.5 Å². The molecule has 8 nitrogen and oxygen atoms in total. The van der Waals surface area contributed by atoms with Crippen molar-refractivity contribution in [2.75, 3.05) is 38.2 Å². The lowest BCUT2D eigenvalue weighted by molar-refractivity contribution is -0.116. The molecule has 1 fully saturated rings. The number of aromatic nitrogens is 1. The van der Waals surface area contributed by atoms with Crippen molar-refractivity contribution in [2.45, 2.75) is 19.6 Å². The minimum atomic E-state index is -0.225. The highest BCUT2D eigenvalue weighted by atomic mass is 16.5. The Bertz CT molecular complexity index is 1120. The number of carbonyl (C=O) groups is 2. The van der Waals surface area contributed by atoms with E-state index < -0.39 is 0 Å². The van der Waals surface area contributed by atoms with Gasteiger partial charge in [-0.05, 0) is 29.3 Å². The maximum absolute atomic E-state index is 12.7. The van der Waals surface area contributed by atoms with Crippen LogP contribution in [0.3, 0.4) is 0 Å². The molecule has 2 amide bonds. The zero-order valence-electron chi connectivity index (χ0n) is 19.6. The van der Waals surface area contributed by atoms with Crippen LogP contribution >= 0.6 is 0 Å². The molecule has 2 aromatic carbocycles. The number of hydrogen-bond acceptors (Lipinski definition) is 6. The van der Waals surface area contributed by atoms with E-state index in [-0.39, 0.29) is 11.8 Å². The van der Waals surface area contributed by atoms with E-state index >= 15 is 0 Å². The maximum Gasteiger partial charge on any atom is 0.251 e. The number of carbonyl (C=O) groups excluding carboxylic acids is 2. The number of rotatable bonds is 10. The van der Waals surface area contributed by atoms with E-state index in [0.29, 0.717) is 43.2 Å². The van der Waals surface area contributed by atoms with Gasteiger partial charge in [0.2, 0.25) is 11.8 Å². The average molecular weight is 475 g/mol. The van der Waals surface area contributed by atoms with Crippen LogP contribution in [0.1, 0.15) is 27.9 Å². The van der Waals surface area contributed by atoms with Gasteiger partial charge in [-0.2, -0.15) is 0 Å². The van der Waals surface area contributed by atoms with Gasteiger partial charge in [-0.15, -0.1) is 0 Å². The first-order chi connectivity index (χ1) is 17.2. The summed E-state index contributed by atoms with van der Waals surface area (Å²) in [5.74, 6) is 0.137. The molecule has 2 N–H and O–H groups in total. The van der Waals surface area contributed by atoms with Gasteiger partial charge in [-0.1, -0.05) is 42.5 Å². The van der Waals surface area contributed by atoms with Crippen molar-refractivity contribution in [3.8, 4) is 5.88 Å². The van der Waals surface area contributed by atoms with Crippen LogP contribution in [0.15, 0.2) is 72.9 Å². The summed E-state index contributed by atoms with van der Waals surface area (Å²) < 4.78 is 11.1. The fraction of sp³-hybridized carbons (Fsp3) is 0.296. The lowest BCUT2D eigenvalue weighted by Gasteiger charge is -2.26.